The molecule has 0 aliphatic rings. The molecule has 0 radical (unpaired) electrons. The molecule has 25 heavy (non-hydrogen) atoms. The largest absolute Gasteiger partial charge is 1.00 e. The first kappa shape index (κ1) is 25.8. The van der Waals surface area contributed by atoms with Crippen LogP contribution >= 0.6 is 0 Å². The van der Waals surface area contributed by atoms with Crippen LogP contribution < -0.4 is 51.4 Å². The molecule has 1 aromatic rings. The topological polar surface area (TPSA) is 57.2 Å². The van der Waals surface area contributed by atoms with Crippen molar-refractivity contribution < 1.29 is 64.4 Å². The first-order valence-electron chi connectivity index (χ1n) is 9.59. The minimum absolute atomic E-state index is 0. The average Bonchev–Trinajstić information content (AvgIpc) is 2.55. The van der Waals surface area contributed by atoms with E-state index in [1.165, 1.54) is 82.8 Å². The zero-order chi connectivity index (χ0) is 17.7. The molecule has 1 rings (SSSR count). The monoisotopic (exact) mass is 392 g/mol. The Labute approximate surface area is 197 Å². The molecule has 0 N–H and O–H groups in total. The summed E-state index contributed by atoms with van der Waals surface area (Å²) in [4.78, 5) is -0.138. The number of aryl methyl sites for hydroxylation is 1. The molecule has 0 amide bonds. The average molecular weight is 393 g/mol. The second-order valence-corrected chi connectivity index (χ2v) is 8.12. The maximum absolute atomic E-state index is 10.9. The van der Waals surface area contributed by atoms with Crippen LogP contribution in [0.4, 0.5) is 0 Å². The minimum atomic E-state index is -4.32. The normalized spacial score (nSPS) is 11.3. The van der Waals surface area contributed by atoms with Gasteiger partial charge in [-0.25, -0.2) is 8.42 Å². The van der Waals surface area contributed by atoms with Crippen LogP contribution in [0, 0.1) is 0 Å². The molecule has 0 heterocycles. The molecule has 0 aliphatic carbocycles. The van der Waals surface area contributed by atoms with E-state index in [-0.39, 0.29) is 56.3 Å². The van der Waals surface area contributed by atoms with Crippen LogP contribution in [-0.2, 0) is 16.5 Å². The fourth-order valence-corrected chi connectivity index (χ4v) is 3.46. The number of hydrogen-bond acceptors (Lipinski definition) is 3. The molecule has 0 saturated carbocycles. The summed E-state index contributed by atoms with van der Waals surface area (Å²) in [5.74, 6) is 0. The van der Waals surface area contributed by atoms with Gasteiger partial charge in [-0.05, 0) is 30.5 Å². The Kier molecular flexibility index (Phi) is 16.3. The predicted octanol–water partition coefficient (Wildman–Crippen LogP) is 2.84. The third-order valence-corrected chi connectivity index (χ3v) is 5.38. The molecule has 0 spiro atoms. The summed E-state index contributed by atoms with van der Waals surface area (Å²) in [5, 5.41) is 0. The summed E-state index contributed by atoms with van der Waals surface area (Å²) in [6.45, 7) is 2.26. The van der Waals surface area contributed by atoms with E-state index in [4.69, 9.17) is 0 Å². The van der Waals surface area contributed by atoms with Crippen LogP contribution in [0.1, 0.15) is 89.5 Å². The molecule has 0 bridgehead atoms. The summed E-state index contributed by atoms with van der Waals surface area (Å²) in [5.41, 5.74) is 1.11. The van der Waals surface area contributed by atoms with E-state index in [0.29, 0.717) is 0 Å². The van der Waals surface area contributed by atoms with Crippen LogP contribution in [0.3, 0.4) is 0 Å². The van der Waals surface area contributed by atoms with Gasteiger partial charge < -0.3 is 4.55 Å². The Morgan fingerprint density at radius 3 is 1.52 bits per heavy atom. The summed E-state index contributed by atoms with van der Waals surface area (Å²) in [6.07, 6.45) is 16.9. The zero-order valence-electron chi connectivity index (χ0n) is 16.1. The second-order valence-electron chi connectivity index (χ2n) is 6.74. The van der Waals surface area contributed by atoms with Gasteiger partial charge in [-0.1, -0.05) is 89.7 Å². The predicted molar refractivity (Wildman–Crippen MR) is 99.2 cm³/mol. The molecule has 0 aliphatic heterocycles. The maximum atomic E-state index is 10.9. The fraction of sp³-hybridized carbons (Fsp3) is 0.700. The Bertz CT molecular complexity index is 526. The summed E-state index contributed by atoms with van der Waals surface area (Å²) in [7, 11) is -4.32. The van der Waals surface area contributed by atoms with E-state index in [1.54, 1.807) is 12.1 Å². The van der Waals surface area contributed by atoms with Gasteiger partial charge in [-0.15, -0.1) is 0 Å². The summed E-state index contributed by atoms with van der Waals surface area (Å²) >= 11 is 0. The van der Waals surface area contributed by atoms with Gasteiger partial charge in [0.05, 0.1) is 4.90 Å². The summed E-state index contributed by atoms with van der Waals surface area (Å²) in [6, 6.07) is 6.34. The molecule has 0 saturated heterocycles. The molecular formula is C20H33KO3S. The van der Waals surface area contributed by atoms with Gasteiger partial charge in [-0.2, -0.15) is 0 Å². The smallest absolute Gasteiger partial charge is 0.744 e. The van der Waals surface area contributed by atoms with Crippen molar-refractivity contribution >= 4 is 10.1 Å². The third-order valence-electron chi connectivity index (χ3n) is 4.53. The van der Waals surface area contributed by atoms with Crippen molar-refractivity contribution in [1.29, 1.82) is 0 Å². The van der Waals surface area contributed by atoms with Crippen LogP contribution in [0.5, 0.6) is 0 Å². The van der Waals surface area contributed by atoms with Crippen LogP contribution in [-0.4, -0.2) is 13.0 Å². The van der Waals surface area contributed by atoms with Gasteiger partial charge in [0, 0.05) is 0 Å². The Balaban J connectivity index is 0.00000576. The molecule has 5 heteroatoms. The molecule has 0 aromatic heterocycles. The van der Waals surface area contributed by atoms with Gasteiger partial charge in [0.1, 0.15) is 10.1 Å². The maximum Gasteiger partial charge on any atom is 1.00 e. The number of hydrogen-bond donors (Lipinski definition) is 0. The van der Waals surface area contributed by atoms with E-state index in [0.717, 1.165) is 18.4 Å². The third kappa shape index (κ3) is 13.6. The van der Waals surface area contributed by atoms with Crippen LogP contribution in [0.2, 0.25) is 0 Å². The molecule has 0 unspecified atom stereocenters. The number of rotatable bonds is 14. The van der Waals surface area contributed by atoms with Crippen molar-refractivity contribution in [2.45, 2.75) is 95.3 Å². The van der Waals surface area contributed by atoms with Crippen LogP contribution in [0.15, 0.2) is 29.2 Å². The van der Waals surface area contributed by atoms with E-state index < -0.39 is 10.1 Å². The zero-order valence-corrected chi connectivity index (χ0v) is 20.1. The van der Waals surface area contributed by atoms with E-state index in [2.05, 4.69) is 6.92 Å². The number of benzene rings is 1. The first-order chi connectivity index (χ1) is 11.5. The van der Waals surface area contributed by atoms with Crippen molar-refractivity contribution in [3.8, 4) is 0 Å². The molecule has 138 valence electrons. The van der Waals surface area contributed by atoms with Crippen molar-refractivity contribution in [2.75, 3.05) is 0 Å². The molecule has 1 aromatic carbocycles. The SMILES string of the molecule is CCCCCCCCCCCCCCc1ccc(S(=O)(=O)[O-])cc1.[K+]. The quantitative estimate of drug-likeness (QED) is 0.278. The van der Waals surface area contributed by atoms with Crippen molar-refractivity contribution in [3.05, 3.63) is 29.8 Å². The van der Waals surface area contributed by atoms with Gasteiger partial charge >= 0.3 is 51.4 Å². The van der Waals surface area contributed by atoms with Crippen LogP contribution in [0.25, 0.3) is 0 Å². The molecule has 3 nitrogen and oxygen atoms in total. The van der Waals surface area contributed by atoms with E-state index >= 15 is 0 Å². The van der Waals surface area contributed by atoms with Gasteiger partial charge in [0.15, 0.2) is 0 Å². The van der Waals surface area contributed by atoms with E-state index in [1.807, 2.05) is 0 Å². The first-order valence-corrected chi connectivity index (χ1v) is 11.0. The van der Waals surface area contributed by atoms with Crippen molar-refractivity contribution in [1.82, 2.24) is 0 Å². The number of unbranched alkanes of at least 4 members (excludes halogenated alkanes) is 11. The van der Waals surface area contributed by atoms with Gasteiger partial charge in [0.2, 0.25) is 0 Å². The molecular weight excluding hydrogens is 359 g/mol. The van der Waals surface area contributed by atoms with Gasteiger partial charge in [-0.3, -0.25) is 0 Å². The minimum Gasteiger partial charge on any atom is -0.744 e. The Hall–Kier alpha value is 0.766. The molecule has 0 atom stereocenters. The van der Waals surface area contributed by atoms with Crippen molar-refractivity contribution in [3.63, 3.8) is 0 Å². The van der Waals surface area contributed by atoms with Crippen molar-refractivity contribution in [2.24, 2.45) is 0 Å². The fourth-order valence-electron chi connectivity index (χ4n) is 2.99. The van der Waals surface area contributed by atoms with E-state index in [9.17, 15) is 13.0 Å². The molecule has 0 fully saturated rings. The Morgan fingerprint density at radius 1 is 0.720 bits per heavy atom. The Morgan fingerprint density at radius 2 is 1.12 bits per heavy atom. The second kappa shape index (κ2) is 15.8. The summed E-state index contributed by atoms with van der Waals surface area (Å²) < 4.78 is 32.6. The standard InChI is InChI=1S/C20H34O3S.K/c1-2-3-4-5-6-7-8-9-10-11-12-13-14-19-15-17-20(18-16-19)24(21,22)23;/h15-18H,2-14H2,1H3,(H,21,22,23);/q;+1/p-1. The van der Waals surface area contributed by atoms with Gasteiger partial charge in [0.25, 0.3) is 0 Å².